The van der Waals surface area contributed by atoms with Gasteiger partial charge in [0.2, 0.25) is 0 Å². The van der Waals surface area contributed by atoms with Crippen LogP contribution in [0.25, 0.3) is 6.08 Å². The average Bonchev–Trinajstić information content (AvgIpc) is 2.84. The van der Waals surface area contributed by atoms with E-state index >= 15 is 0 Å². The summed E-state index contributed by atoms with van der Waals surface area (Å²) >= 11 is 0. The molecule has 0 saturated carbocycles. The molecule has 0 aliphatic carbocycles. The Labute approximate surface area is 195 Å². The molecule has 1 N–H and O–H groups in total. The van der Waals surface area contributed by atoms with E-state index in [0.29, 0.717) is 11.5 Å². The standard InChI is InChI=1S/C26H32N2O5/c1-3-7-20-10-11-23(24(16-20)31-2)32-19-26(30)33-18-25(29)27-22-12-14-28(15-13-22)17-21-8-5-4-6-9-21/h3-11,16,22H,12-15,17-19H2,1-2H3,(H,27,29)/b7-3+. The number of carbonyl (C=O) groups is 2. The molecule has 176 valence electrons. The van der Waals surface area contributed by atoms with Gasteiger partial charge in [-0.05, 0) is 43.0 Å². The van der Waals surface area contributed by atoms with Gasteiger partial charge in [-0.3, -0.25) is 9.69 Å². The van der Waals surface area contributed by atoms with E-state index in [4.69, 9.17) is 14.2 Å². The van der Waals surface area contributed by atoms with Gasteiger partial charge in [0.15, 0.2) is 24.7 Å². The van der Waals surface area contributed by atoms with Crippen molar-refractivity contribution in [2.45, 2.75) is 32.4 Å². The smallest absolute Gasteiger partial charge is 0.344 e. The zero-order chi connectivity index (χ0) is 23.5. The van der Waals surface area contributed by atoms with Gasteiger partial charge in [0.05, 0.1) is 7.11 Å². The highest BCUT2D eigenvalue weighted by atomic mass is 16.6. The molecule has 7 nitrogen and oxygen atoms in total. The Morgan fingerprint density at radius 3 is 2.52 bits per heavy atom. The Morgan fingerprint density at radius 1 is 1.06 bits per heavy atom. The van der Waals surface area contributed by atoms with Gasteiger partial charge in [0.25, 0.3) is 5.91 Å². The SMILES string of the molecule is C/C=C/c1ccc(OCC(=O)OCC(=O)NC2CCN(Cc3ccccc3)CC2)c(OC)c1. The van der Waals surface area contributed by atoms with Crippen molar-refractivity contribution in [3.63, 3.8) is 0 Å². The number of allylic oxidation sites excluding steroid dienone is 1. The molecule has 0 radical (unpaired) electrons. The van der Waals surface area contributed by atoms with Gasteiger partial charge in [-0.2, -0.15) is 0 Å². The first kappa shape index (κ1) is 24.3. The highest BCUT2D eigenvalue weighted by Gasteiger charge is 2.21. The topological polar surface area (TPSA) is 77.1 Å². The van der Waals surface area contributed by atoms with Crippen LogP contribution in [0.2, 0.25) is 0 Å². The van der Waals surface area contributed by atoms with Crippen LogP contribution in [0.3, 0.4) is 0 Å². The number of piperidine rings is 1. The predicted molar refractivity (Wildman–Crippen MR) is 127 cm³/mol. The fraction of sp³-hybridized carbons (Fsp3) is 0.385. The number of nitrogens with one attached hydrogen (secondary N) is 1. The van der Waals surface area contributed by atoms with Crippen molar-refractivity contribution in [3.8, 4) is 11.5 Å². The maximum Gasteiger partial charge on any atom is 0.344 e. The van der Waals surface area contributed by atoms with E-state index in [0.717, 1.165) is 38.0 Å². The number of rotatable bonds is 10. The summed E-state index contributed by atoms with van der Waals surface area (Å²) < 4.78 is 15.9. The molecule has 1 saturated heterocycles. The van der Waals surface area contributed by atoms with Crippen LogP contribution in [0, 0.1) is 0 Å². The molecule has 2 aromatic carbocycles. The Hall–Kier alpha value is -3.32. The van der Waals surface area contributed by atoms with Crippen molar-refractivity contribution >= 4 is 18.0 Å². The summed E-state index contributed by atoms with van der Waals surface area (Å²) in [6, 6.07) is 15.9. The molecule has 1 amide bonds. The van der Waals surface area contributed by atoms with E-state index in [9.17, 15) is 9.59 Å². The van der Waals surface area contributed by atoms with Gasteiger partial charge < -0.3 is 19.5 Å². The molecule has 0 unspecified atom stereocenters. The van der Waals surface area contributed by atoms with Gasteiger partial charge in [-0.25, -0.2) is 4.79 Å². The molecular weight excluding hydrogens is 420 g/mol. The molecular formula is C26H32N2O5. The summed E-state index contributed by atoms with van der Waals surface area (Å²) in [6.45, 7) is 4.07. The van der Waals surface area contributed by atoms with Gasteiger partial charge in [-0.1, -0.05) is 48.6 Å². The summed E-state index contributed by atoms with van der Waals surface area (Å²) in [6.07, 6.45) is 5.61. The molecule has 1 aliphatic heterocycles. The number of hydrogen-bond acceptors (Lipinski definition) is 6. The predicted octanol–water partition coefficient (Wildman–Crippen LogP) is 3.43. The lowest BCUT2D eigenvalue weighted by Gasteiger charge is -2.32. The number of hydrogen-bond donors (Lipinski definition) is 1. The third kappa shape index (κ3) is 7.95. The third-order valence-corrected chi connectivity index (χ3v) is 5.46. The number of likely N-dealkylation sites (tertiary alicyclic amines) is 1. The average molecular weight is 453 g/mol. The fourth-order valence-electron chi connectivity index (χ4n) is 3.77. The zero-order valence-corrected chi connectivity index (χ0v) is 19.3. The Morgan fingerprint density at radius 2 is 1.82 bits per heavy atom. The largest absolute Gasteiger partial charge is 0.493 e. The highest BCUT2D eigenvalue weighted by Crippen LogP contribution is 2.28. The Bertz CT molecular complexity index is 937. The molecule has 7 heteroatoms. The summed E-state index contributed by atoms with van der Waals surface area (Å²) in [4.78, 5) is 26.6. The summed E-state index contributed by atoms with van der Waals surface area (Å²) in [5, 5.41) is 2.96. The molecule has 0 bridgehead atoms. The maximum absolute atomic E-state index is 12.2. The molecule has 0 atom stereocenters. The van der Waals surface area contributed by atoms with E-state index < -0.39 is 5.97 Å². The number of nitrogens with zero attached hydrogens (tertiary/aromatic N) is 1. The maximum atomic E-state index is 12.2. The molecule has 1 heterocycles. The van der Waals surface area contributed by atoms with Gasteiger partial charge in [0.1, 0.15) is 0 Å². The fourth-order valence-corrected chi connectivity index (χ4v) is 3.77. The zero-order valence-electron chi connectivity index (χ0n) is 19.3. The van der Waals surface area contributed by atoms with Crippen molar-refractivity contribution in [3.05, 3.63) is 65.7 Å². The van der Waals surface area contributed by atoms with Crippen LogP contribution in [0.5, 0.6) is 11.5 Å². The van der Waals surface area contributed by atoms with E-state index in [1.165, 1.54) is 12.7 Å². The van der Waals surface area contributed by atoms with Crippen LogP contribution < -0.4 is 14.8 Å². The second-order valence-electron chi connectivity index (χ2n) is 7.96. The Balaban J connectivity index is 1.34. The van der Waals surface area contributed by atoms with Crippen molar-refractivity contribution in [2.24, 2.45) is 0 Å². The van der Waals surface area contributed by atoms with E-state index in [1.807, 2.05) is 49.4 Å². The summed E-state index contributed by atoms with van der Waals surface area (Å²) in [5.74, 6) is 0.0599. The summed E-state index contributed by atoms with van der Waals surface area (Å²) in [5.41, 5.74) is 2.26. The number of amides is 1. The van der Waals surface area contributed by atoms with Crippen molar-refractivity contribution < 1.29 is 23.8 Å². The minimum atomic E-state index is -0.609. The molecule has 0 spiro atoms. The number of carbonyl (C=O) groups excluding carboxylic acids is 2. The lowest BCUT2D eigenvalue weighted by molar-refractivity contribution is -0.150. The van der Waals surface area contributed by atoms with Crippen LogP contribution in [0.1, 0.15) is 30.9 Å². The molecule has 3 rings (SSSR count). The molecule has 1 fully saturated rings. The second kappa shape index (κ2) is 12.6. The minimum Gasteiger partial charge on any atom is -0.493 e. The van der Waals surface area contributed by atoms with Gasteiger partial charge >= 0.3 is 5.97 Å². The summed E-state index contributed by atoms with van der Waals surface area (Å²) in [7, 11) is 1.54. The van der Waals surface area contributed by atoms with Gasteiger partial charge in [-0.15, -0.1) is 0 Å². The molecule has 2 aromatic rings. The Kier molecular flexibility index (Phi) is 9.32. The van der Waals surface area contributed by atoms with Crippen LogP contribution in [-0.4, -0.2) is 56.2 Å². The monoisotopic (exact) mass is 452 g/mol. The minimum absolute atomic E-state index is 0.0967. The lowest BCUT2D eigenvalue weighted by Crippen LogP contribution is -2.45. The van der Waals surface area contributed by atoms with Crippen molar-refractivity contribution in [2.75, 3.05) is 33.4 Å². The first-order valence-corrected chi connectivity index (χ1v) is 11.2. The normalized spacial score (nSPS) is 14.7. The number of esters is 1. The molecule has 0 aromatic heterocycles. The quantitative estimate of drug-likeness (QED) is 0.557. The second-order valence-corrected chi connectivity index (χ2v) is 7.96. The number of methoxy groups -OCH3 is 1. The van der Waals surface area contributed by atoms with Crippen LogP contribution in [0.4, 0.5) is 0 Å². The van der Waals surface area contributed by atoms with Gasteiger partial charge in [0, 0.05) is 25.7 Å². The number of ether oxygens (including phenoxy) is 3. The van der Waals surface area contributed by atoms with Crippen molar-refractivity contribution in [1.29, 1.82) is 0 Å². The third-order valence-electron chi connectivity index (χ3n) is 5.46. The van der Waals surface area contributed by atoms with E-state index in [-0.39, 0.29) is 25.2 Å². The lowest BCUT2D eigenvalue weighted by atomic mass is 10.0. The molecule has 1 aliphatic rings. The van der Waals surface area contributed by atoms with Crippen LogP contribution >= 0.6 is 0 Å². The first-order chi connectivity index (χ1) is 16.1. The highest BCUT2D eigenvalue weighted by molar-refractivity contribution is 5.81. The van der Waals surface area contributed by atoms with Crippen LogP contribution in [-0.2, 0) is 20.9 Å². The van der Waals surface area contributed by atoms with Crippen LogP contribution in [0.15, 0.2) is 54.6 Å². The van der Waals surface area contributed by atoms with E-state index in [2.05, 4.69) is 22.3 Å². The van der Waals surface area contributed by atoms with Crippen molar-refractivity contribution in [1.82, 2.24) is 10.2 Å². The van der Waals surface area contributed by atoms with E-state index in [1.54, 1.807) is 6.07 Å². The number of benzene rings is 2. The molecule has 33 heavy (non-hydrogen) atoms. The first-order valence-electron chi connectivity index (χ1n) is 11.2.